The lowest BCUT2D eigenvalue weighted by molar-refractivity contribution is 0.372. The summed E-state index contributed by atoms with van der Waals surface area (Å²) >= 11 is 3.55. The van der Waals surface area contributed by atoms with E-state index >= 15 is 0 Å². The number of nitrogens with two attached hydrogens (primary N) is 1. The van der Waals surface area contributed by atoms with E-state index in [1.807, 2.05) is 6.20 Å². The van der Waals surface area contributed by atoms with Crippen LogP contribution < -0.4 is 10.6 Å². The predicted octanol–water partition coefficient (Wildman–Crippen LogP) is 1.96. The van der Waals surface area contributed by atoms with Gasteiger partial charge in [-0.05, 0) is 42.9 Å². The molecule has 0 aliphatic carbocycles. The van der Waals surface area contributed by atoms with Crippen molar-refractivity contribution >= 4 is 27.3 Å². The zero-order chi connectivity index (χ0) is 12.4. The topological polar surface area (TPSA) is 45.4 Å². The molecule has 2 rings (SSSR count). The highest BCUT2D eigenvalue weighted by molar-refractivity contribution is 9.10. The molecule has 0 amide bonds. The van der Waals surface area contributed by atoms with Crippen molar-refractivity contribution in [3.63, 3.8) is 0 Å². The Morgan fingerprint density at radius 3 is 2.94 bits per heavy atom. The van der Waals surface area contributed by atoms with Gasteiger partial charge in [0.05, 0.1) is 22.0 Å². The fourth-order valence-electron chi connectivity index (χ4n) is 2.49. The molecular formula is C12H19BrN4. The second-order valence-electron chi connectivity index (χ2n) is 4.81. The van der Waals surface area contributed by atoms with Crippen molar-refractivity contribution in [3.05, 3.63) is 16.9 Å². The average Bonchev–Trinajstić information content (AvgIpc) is 2.65. The van der Waals surface area contributed by atoms with Crippen molar-refractivity contribution in [1.29, 1.82) is 0 Å². The number of pyridine rings is 1. The highest BCUT2D eigenvalue weighted by atomic mass is 79.9. The summed E-state index contributed by atoms with van der Waals surface area (Å²) in [7, 11) is 4.23. The maximum Gasteiger partial charge on any atom is 0.0778 e. The molecule has 1 fully saturated rings. The van der Waals surface area contributed by atoms with Crippen LogP contribution in [0.5, 0.6) is 0 Å². The SMILES string of the molecule is CN(C)CC1CCCN1c1c(N)cncc1Br. The molecule has 0 aromatic carbocycles. The van der Waals surface area contributed by atoms with Gasteiger partial charge in [0.15, 0.2) is 0 Å². The molecule has 1 aromatic heterocycles. The first-order chi connectivity index (χ1) is 8.09. The van der Waals surface area contributed by atoms with Gasteiger partial charge in [-0.25, -0.2) is 0 Å². The molecule has 5 heteroatoms. The van der Waals surface area contributed by atoms with Gasteiger partial charge in [-0.1, -0.05) is 0 Å². The van der Waals surface area contributed by atoms with Crippen LogP contribution in [0.25, 0.3) is 0 Å². The predicted molar refractivity (Wildman–Crippen MR) is 75.3 cm³/mol. The molecule has 0 radical (unpaired) electrons. The van der Waals surface area contributed by atoms with Gasteiger partial charge in [-0.2, -0.15) is 0 Å². The summed E-state index contributed by atoms with van der Waals surface area (Å²) in [4.78, 5) is 8.73. The molecule has 0 spiro atoms. The van der Waals surface area contributed by atoms with E-state index in [0.717, 1.165) is 28.9 Å². The second-order valence-corrected chi connectivity index (χ2v) is 5.67. The van der Waals surface area contributed by atoms with Gasteiger partial charge in [0, 0.05) is 25.3 Å². The molecule has 2 N–H and O–H groups in total. The number of nitrogen functional groups attached to an aromatic ring is 1. The van der Waals surface area contributed by atoms with Gasteiger partial charge in [-0.3, -0.25) is 4.98 Å². The Balaban J connectivity index is 2.26. The van der Waals surface area contributed by atoms with Crippen LogP contribution in [-0.2, 0) is 0 Å². The smallest absolute Gasteiger partial charge is 0.0778 e. The number of aromatic nitrogens is 1. The zero-order valence-electron chi connectivity index (χ0n) is 10.4. The zero-order valence-corrected chi connectivity index (χ0v) is 11.9. The molecule has 0 saturated carbocycles. The van der Waals surface area contributed by atoms with Crippen molar-refractivity contribution in [1.82, 2.24) is 9.88 Å². The van der Waals surface area contributed by atoms with Gasteiger partial charge in [0.25, 0.3) is 0 Å². The summed E-state index contributed by atoms with van der Waals surface area (Å²) in [6, 6.07) is 0.547. The fraction of sp³-hybridized carbons (Fsp3) is 0.583. The molecule has 4 nitrogen and oxygen atoms in total. The molecule has 1 aromatic rings. The van der Waals surface area contributed by atoms with Gasteiger partial charge < -0.3 is 15.5 Å². The highest BCUT2D eigenvalue weighted by Crippen LogP contribution is 2.36. The van der Waals surface area contributed by atoms with E-state index in [1.54, 1.807) is 6.20 Å². The van der Waals surface area contributed by atoms with Gasteiger partial charge in [-0.15, -0.1) is 0 Å². The van der Waals surface area contributed by atoms with E-state index < -0.39 is 0 Å². The Kier molecular flexibility index (Phi) is 3.89. The molecule has 1 unspecified atom stereocenters. The van der Waals surface area contributed by atoms with Crippen LogP contribution in [0.3, 0.4) is 0 Å². The van der Waals surface area contributed by atoms with Crippen molar-refractivity contribution in [2.45, 2.75) is 18.9 Å². The Morgan fingerprint density at radius 2 is 2.29 bits per heavy atom. The molecule has 0 bridgehead atoms. The van der Waals surface area contributed by atoms with Crippen molar-refractivity contribution < 1.29 is 0 Å². The molecule has 1 aliphatic rings. The molecule has 94 valence electrons. The lowest BCUT2D eigenvalue weighted by Crippen LogP contribution is -2.38. The van der Waals surface area contributed by atoms with Crippen molar-refractivity contribution in [2.24, 2.45) is 0 Å². The third kappa shape index (κ3) is 2.72. The second kappa shape index (κ2) is 5.23. The van der Waals surface area contributed by atoms with E-state index in [1.165, 1.54) is 12.8 Å². The Hall–Kier alpha value is -0.810. The van der Waals surface area contributed by atoms with Crippen LogP contribution in [0, 0.1) is 0 Å². The third-order valence-electron chi connectivity index (χ3n) is 3.14. The van der Waals surface area contributed by atoms with Crippen LogP contribution in [0.1, 0.15) is 12.8 Å². The first-order valence-corrected chi connectivity index (χ1v) is 6.69. The summed E-state index contributed by atoms with van der Waals surface area (Å²) in [5, 5.41) is 0. The Bertz CT molecular complexity index is 374. The number of halogens is 1. The summed E-state index contributed by atoms with van der Waals surface area (Å²) in [5.74, 6) is 0. The molecule has 17 heavy (non-hydrogen) atoms. The van der Waals surface area contributed by atoms with Gasteiger partial charge >= 0.3 is 0 Å². The fourth-order valence-corrected chi connectivity index (χ4v) is 3.06. The third-order valence-corrected chi connectivity index (χ3v) is 3.72. The minimum atomic E-state index is 0.547. The minimum absolute atomic E-state index is 0.547. The van der Waals surface area contributed by atoms with Crippen LogP contribution in [0.4, 0.5) is 11.4 Å². The Morgan fingerprint density at radius 1 is 1.53 bits per heavy atom. The number of hydrogen-bond donors (Lipinski definition) is 1. The van der Waals surface area contributed by atoms with Crippen molar-refractivity contribution in [2.75, 3.05) is 37.8 Å². The summed E-state index contributed by atoms with van der Waals surface area (Å²) in [6.07, 6.45) is 6.00. The number of likely N-dealkylation sites (N-methyl/N-ethyl adjacent to an activating group) is 1. The highest BCUT2D eigenvalue weighted by Gasteiger charge is 2.27. The number of nitrogens with zero attached hydrogens (tertiary/aromatic N) is 3. The van der Waals surface area contributed by atoms with Gasteiger partial charge in [0.2, 0.25) is 0 Å². The van der Waals surface area contributed by atoms with Crippen LogP contribution >= 0.6 is 15.9 Å². The van der Waals surface area contributed by atoms with E-state index in [4.69, 9.17) is 5.73 Å². The van der Waals surface area contributed by atoms with Crippen LogP contribution in [-0.4, -0.2) is 43.1 Å². The van der Waals surface area contributed by atoms with Crippen LogP contribution in [0.2, 0.25) is 0 Å². The maximum atomic E-state index is 6.05. The normalized spacial score (nSPS) is 20.2. The lowest BCUT2D eigenvalue weighted by Gasteiger charge is -2.30. The lowest BCUT2D eigenvalue weighted by atomic mass is 10.2. The van der Waals surface area contributed by atoms with Crippen molar-refractivity contribution in [3.8, 4) is 0 Å². The van der Waals surface area contributed by atoms with E-state index in [2.05, 4.69) is 44.8 Å². The first-order valence-electron chi connectivity index (χ1n) is 5.90. The number of hydrogen-bond acceptors (Lipinski definition) is 4. The van der Waals surface area contributed by atoms with E-state index in [0.29, 0.717) is 6.04 Å². The van der Waals surface area contributed by atoms with Gasteiger partial charge in [0.1, 0.15) is 0 Å². The van der Waals surface area contributed by atoms with E-state index in [9.17, 15) is 0 Å². The van der Waals surface area contributed by atoms with E-state index in [-0.39, 0.29) is 0 Å². The van der Waals surface area contributed by atoms with Crippen LogP contribution in [0.15, 0.2) is 16.9 Å². The molecule has 2 heterocycles. The quantitative estimate of drug-likeness (QED) is 0.927. The maximum absolute atomic E-state index is 6.05. The molecule has 1 saturated heterocycles. The average molecular weight is 299 g/mol. The first kappa shape index (κ1) is 12.6. The number of anilines is 2. The summed E-state index contributed by atoms with van der Waals surface area (Å²) < 4.78 is 0.989. The number of rotatable bonds is 3. The molecular weight excluding hydrogens is 280 g/mol. The molecule has 1 aliphatic heterocycles. The standard InChI is InChI=1S/C12H19BrN4/c1-16(2)8-9-4-3-5-17(9)12-10(13)6-15-7-11(12)14/h6-7,9H,3-5,8,14H2,1-2H3. The monoisotopic (exact) mass is 298 g/mol. The minimum Gasteiger partial charge on any atom is -0.396 e. The summed E-state index contributed by atoms with van der Waals surface area (Å²) in [6.45, 7) is 2.14. The molecule has 1 atom stereocenters. The largest absolute Gasteiger partial charge is 0.396 e. The summed E-state index contributed by atoms with van der Waals surface area (Å²) in [5.41, 5.74) is 7.90. The Labute approximate surface area is 111 Å².